The maximum Gasteiger partial charge on any atom is 0.252 e. The van der Waals surface area contributed by atoms with Crippen molar-refractivity contribution in [2.24, 2.45) is 0 Å². The summed E-state index contributed by atoms with van der Waals surface area (Å²) < 4.78 is 24.3. The maximum atomic E-state index is 12.3. The fourth-order valence-electron chi connectivity index (χ4n) is 2.14. The summed E-state index contributed by atoms with van der Waals surface area (Å²) in [7, 11) is -1.95. The molecular weight excluding hydrogens is 392 g/mol. The van der Waals surface area contributed by atoms with Gasteiger partial charge in [0.05, 0.1) is 22.5 Å². The van der Waals surface area contributed by atoms with Gasteiger partial charge in [-0.2, -0.15) is 0 Å². The van der Waals surface area contributed by atoms with Crippen molar-refractivity contribution in [2.75, 3.05) is 29.9 Å². The zero-order chi connectivity index (χ0) is 19.3. The molecule has 5 nitrogen and oxygen atoms in total. The van der Waals surface area contributed by atoms with Crippen LogP contribution in [0.15, 0.2) is 47.4 Å². The van der Waals surface area contributed by atoms with Gasteiger partial charge >= 0.3 is 0 Å². The van der Waals surface area contributed by atoms with E-state index in [-0.39, 0.29) is 10.9 Å². The Kier molecular flexibility index (Phi) is 6.97. The average Bonchev–Trinajstić information content (AvgIpc) is 2.58. The fraction of sp³-hybridized carbons (Fsp3) is 0.278. The minimum atomic E-state index is -3.38. The molecule has 0 aliphatic rings. The highest BCUT2D eigenvalue weighted by molar-refractivity contribution is 7.99. The first-order valence-electron chi connectivity index (χ1n) is 7.89. The first kappa shape index (κ1) is 20.6. The molecular formula is C18H21ClN2O3S2. The van der Waals surface area contributed by atoms with Gasteiger partial charge in [0, 0.05) is 24.2 Å². The van der Waals surface area contributed by atoms with Crippen molar-refractivity contribution < 1.29 is 13.2 Å². The maximum absolute atomic E-state index is 12.3. The molecule has 0 aliphatic heterocycles. The Morgan fingerprint density at radius 1 is 1.19 bits per heavy atom. The summed E-state index contributed by atoms with van der Waals surface area (Å²) in [6.45, 7) is 2.54. The van der Waals surface area contributed by atoms with E-state index in [9.17, 15) is 13.2 Å². The van der Waals surface area contributed by atoms with Crippen LogP contribution < -0.4 is 9.62 Å². The number of benzene rings is 2. The first-order valence-corrected chi connectivity index (χ1v) is 11.1. The number of carbonyl (C=O) groups excluding carboxylic acids is 1. The Bertz CT molecular complexity index is 884. The molecule has 0 fully saturated rings. The Labute approximate surface area is 163 Å². The molecule has 0 spiro atoms. The molecule has 1 amide bonds. The van der Waals surface area contributed by atoms with Gasteiger partial charge in [-0.25, -0.2) is 8.42 Å². The molecule has 2 aromatic carbocycles. The molecule has 8 heteroatoms. The van der Waals surface area contributed by atoms with E-state index in [0.717, 1.165) is 21.2 Å². The van der Waals surface area contributed by atoms with Crippen LogP contribution in [0.25, 0.3) is 0 Å². The van der Waals surface area contributed by atoms with Crippen LogP contribution in [-0.2, 0) is 10.0 Å². The highest BCUT2D eigenvalue weighted by Crippen LogP contribution is 2.24. The van der Waals surface area contributed by atoms with E-state index in [4.69, 9.17) is 11.6 Å². The normalized spacial score (nSPS) is 11.2. The Morgan fingerprint density at radius 2 is 1.85 bits per heavy atom. The molecule has 0 saturated heterocycles. The zero-order valence-electron chi connectivity index (χ0n) is 14.8. The summed E-state index contributed by atoms with van der Waals surface area (Å²) in [5, 5.41) is 3.03. The minimum Gasteiger partial charge on any atom is -0.351 e. The monoisotopic (exact) mass is 412 g/mol. The Morgan fingerprint density at radius 3 is 2.42 bits per heavy atom. The van der Waals surface area contributed by atoms with Crippen molar-refractivity contribution in [3.63, 3.8) is 0 Å². The molecule has 140 valence electrons. The molecule has 2 rings (SSSR count). The Balaban J connectivity index is 1.92. The van der Waals surface area contributed by atoms with E-state index in [1.165, 1.54) is 24.7 Å². The van der Waals surface area contributed by atoms with Gasteiger partial charge in [0.15, 0.2) is 0 Å². The smallest absolute Gasteiger partial charge is 0.252 e. The first-order chi connectivity index (χ1) is 12.2. The fourth-order valence-corrected chi connectivity index (χ4v) is 3.66. The van der Waals surface area contributed by atoms with Crippen LogP contribution in [0.2, 0.25) is 5.02 Å². The molecule has 1 N–H and O–H groups in total. The minimum absolute atomic E-state index is 0.210. The molecule has 0 heterocycles. The molecule has 0 atom stereocenters. The van der Waals surface area contributed by atoms with Gasteiger partial charge in [0.1, 0.15) is 0 Å². The van der Waals surface area contributed by atoms with Crippen molar-refractivity contribution in [3.05, 3.63) is 58.6 Å². The zero-order valence-corrected chi connectivity index (χ0v) is 17.2. The van der Waals surface area contributed by atoms with E-state index in [0.29, 0.717) is 17.8 Å². The number of nitrogens with zero attached hydrogens (tertiary/aromatic N) is 1. The predicted octanol–water partition coefficient (Wildman–Crippen LogP) is 3.57. The van der Waals surface area contributed by atoms with Crippen molar-refractivity contribution in [1.82, 2.24) is 5.32 Å². The molecule has 0 aliphatic carbocycles. The third-order valence-corrected chi connectivity index (χ3v) is 6.27. The summed E-state index contributed by atoms with van der Waals surface area (Å²) >= 11 is 7.81. The summed E-state index contributed by atoms with van der Waals surface area (Å²) in [6, 6.07) is 12.8. The topological polar surface area (TPSA) is 66.5 Å². The van der Waals surface area contributed by atoms with Crippen LogP contribution in [0.5, 0.6) is 0 Å². The SMILES string of the molecule is Cc1ccc(SCCNC(=O)c2ccc(N(C)S(C)(=O)=O)cc2Cl)cc1. The quantitative estimate of drug-likeness (QED) is 0.557. The van der Waals surface area contributed by atoms with E-state index in [1.807, 2.05) is 6.92 Å². The highest BCUT2D eigenvalue weighted by atomic mass is 35.5. The van der Waals surface area contributed by atoms with Crippen LogP contribution in [-0.4, -0.2) is 39.9 Å². The molecule has 2 aromatic rings. The number of carbonyl (C=O) groups is 1. The van der Waals surface area contributed by atoms with Crippen LogP contribution >= 0.6 is 23.4 Å². The number of amides is 1. The van der Waals surface area contributed by atoms with Gasteiger partial charge in [-0.15, -0.1) is 11.8 Å². The standard InChI is InChI=1S/C18H21ClN2O3S2/c1-13-4-7-15(8-5-13)25-11-10-20-18(22)16-9-6-14(12-17(16)19)21(2)26(3,23)24/h4-9,12H,10-11H2,1-3H3,(H,20,22). The van der Waals surface area contributed by atoms with Crippen LogP contribution in [0, 0.1) is 6.92 Å². The number of halogens is 1. The number of sulfonamides is 1. The number of hydrogen-bond acceptors (Lipinski definition) is 4. The largest absolute Gasteiger partial charge is 0.351 e. The van der Waals surface area contributed by atoms with E-state index in [1.54, 1.807) is 17.8 Å². The average molecular weight is 413 g/mol. The van der Waals surface area contributed by atoms with Gasteiger partial charge in [-0.05, 0) is 37.3 Å². The second kappa shape index (κ2) is 8.79. The second-order valence-corrected chi connectivity index (χ2v) is 9.40. The number of anilines is 1. The lowest BCUT2D eigenvalue weighted by atomic mass is 10.2. The summed E-state index contributed by atoms with van der Waals surface area (Å²) in [5.41, 5.74) is 1.93. The van der Waals surface area contributed by atoms with Gasteiger partial charge in [0.25, 0.3) is 5.91 Å². The van der Waals surface area contributed by atoms with Crippen LogP contribution in [0.1, 0.15) is 15.9 Å². The van der Waals surface area contributed by atoms with Crippen molar-refractivity contribution >= 4 is 45.0 Å². The Hall–Kier alpha value is -1.70. The molecule has 0 unspecified atom stereocenters. The van der Waals surface area contributed by atoms with E-state index in [2.05, 4.69) is 29.6 Å². The van der Waals surface area contributed by atoms with E-state index < -0.39 is 10.0 Å². The molecule has 0 bridgehead atoms. The number of aryl methyl sites for hydroxylation is 1. The van der Waals surface area contributed by atoms with Gasteiger partial charge in [-0.1, -0.05) is 29.3 Å². The number of thioether (sulfide) groups is 1. The predicted molar refractivity (Wildman–Crippen MR) is 109 cm³/mol. The highest BCUT2D eigenvalue weighted by Gasteiger charge is 2.16. The van der Waals surface area contributed by atoms with E-state index >= 15 is 0 Å². The van der Waals surface area contributed by atoms with Crippen LogP contribution in [0.4, 0.5) is 5.69 Å². The molecule has 0 aromatic heterocycles. The van der Waals surface area contributed by atoms with Gasteiger partial charge in [0.2, 0.25) is 10.0 Å². The van der Waals surface area contributed by atoms with Gasteiger partial charge < -0.3 is 5.32 Å². The summed E-state index contributed by atoms with van der Waals surface area (Å²) in [4.78, 5) is 13.4. The molecule has 0 radical (unpaired) electrons. The summed E-state index contributed by atoms with van der Waals surface area (Å²) in [5.74, 6) is 0.453. The lowest BCUT2D eigenvalue weighted by Crippen LogP contribution is -2.27. The van der Waals surface area contributed by atoms with Gasteiger partial charge in [-0.3, -0.25) is 9.10 Å². The third kappa shape index (κ3) is 5.65. The third-order valence-electron chi connectivity index (χ3n) is 3.74. The lowest BCUT2D eigenvalue weighted by molar-refractivity contribution is 0.0956. The summed E-state index contributed by atoms with van der Waals surface area (Å²) in [6.07, 6.45) is 1.10. The number of hydrogen-bond donors (Lipinski definition) is 1. The molecule has 26 heavy (non-hydrogen) atoms. The van der Waals surface area contributed by atoms with Crippen molar-refractivity contribution in [2.45, 2.75) is 11.8 Å². The number of rotatable bonds is 7. The van der Waals surface area contributed by atoms with Crippen LogP contribution in [0.3, 0.4) is 0 Å². The lowest BCUT2D eigenvalue weighted by Gasteiger charge is -2.17. The number of nitrogens with one attached hydrogen (secondary N) is 1. The van der Waals surface area contributed by atoms with Crippen molar-refractivity contribution in [3.8, 4) is 0 Å². The second-order valence-electron chi connectivity index (χ2n) is 5.81. The molecule has 0 saturated carbocycles. The van der Waals surface area contributed by atoms with Crippen molar-refractivity contribution in [1.29, 1.82) is 0 Å².